The van der Waals surface area contributed by atoms with Crippen molar-refractivity contribution >= 4 is 33.9 Å². The molecule has 0 bridgehead atoms. The minimum atomic E-state index is -0.411. The summed E-state index contributed by atoms with van der Waals surface area (Å²) in [6.45, 7) is 1.70. The van der Waals surface area contributed by atoms with Crippen molar-refractivity contribution in [3.8, 4) is 0 Å². The van der Waals surface area contributed by atoms with Gasteiger partial charge in [-0.2, -0.15) is 0 Å². The molecule has 0 saturated carbocycles. The Morgan fingerprint density at radius 1 is 1.26 bits per heavy atom. The van der Waals surface area contributed by atoms with E-state index >= 15 is 0 Å². The van der Waals surface area contributed by atoms with Gasteiger partial charge >= 0.3 is 0 Å². The molecule has 1 unspecified atom stereocenters. The van der Waals surface area contributed by atoms with Gasteiger partial charge in [-0.05, 0) is 24.4 Å². The maximum absolute atomic E-state index is 13.6. The molecule has 0 aliphatic heterocycles. The number of benzene rings is 2. The van der Waals surface area contributed by atoms with Crippen LogP contribution in [0, 0.1) is 5.82 Å². The largest absolute Gasteiger partial charge is 0.392 e. The number of thiocarbonyl (C=S) groups is 1. The number of nitrogens with one attached hydrogen (secondary N) is 1. The van der Waals surface area contributed by atoms with Gasteiger partial charge in [0.15, 0.2) is 0 Å². The highest BCUT2D eigenvalue weighted by atomic mass is 32.1. The first-order chi connectivity index (χ1) is 9.00. The van der Waals surface area contributed by atoms with Gasteiger partial charge in [0.25, 0.3) is 5.91 Å². The first-order valence-corrected chi connectivity index (χ1v) is 6.19. The van der Waals surface area contributed by atoms with Crippen LogP contribution < -0.4 is 11.1 Å². The molecule has 0 spiro atoms. The highest BCUT2D eigenvalue weighted by molar-refractivity contribution is 7.80. The van der Waals surface area contributed by atoms with E-state index in [0.29, 0.717) is 16.3 Å². The Labute approximate surface area is 115 Å². The molecule has 3 N–H and O–H groups in total. The molecule has 1 atom stereocenters. The molecule has 5 heteroatoms. The van der Waals surface area contributed by atoms with Crippen LogP contribution >= 0.6 is 12.2 Å². The molecule has 0 aromatic heterocycles. The molecule has 2 rings (SSSR count). The normalized spacial score (nSPS) is 12.1. The maximum Gasteiger partial charge on any atom is 0.252 e. The number of halogens is 1. The van der Waals surface area contributed by atoms with E-state index in [1.54, 1.807) is 31.2 Å². The maximum atomic E-state index is 13.6. The molecule has 0 saturated heterocycles. The molecule has 2 aromatic carbocycles. The van der Waals surface area contributed by atoms with Crippen LogP contribution in [-0.2, 0) is 0 Å². The number of nitrogens with two attached hydrogens (primary N) is 1. The van der Waals surface area contributed by atoms with Crippen LogP contribution in [0.15, 0.2) is 36.4 Å². The summed E-state index contributed by atoms with van der Waals surface area (Å²) in [5, 5.41) is 3.66. The summed E-state index contributed by atoms with van der Waals surface area (Å²) < 4.78 is 13.6. The second-order valence-corrected chi connectivity index (χ2v) is 4.71. The predicted octanol–water partition coefficient (Wildman–Crippen LogP) is 2.38. The third kappa shape index (κ3) is 2.71. The van der Waals surface area contributed by atoms with E-state index in [2.05, 4.69) is 5.32 Å². The van der Waals surface area contributed by atoms with E-state index < -0.39 is 6.04 Å². The van der Waals surface area contributed by atoms with Crippen molar-refractivity contribution < 1.29 is 9.18 Å². The Bertz CT molecular complexity index is 657. The van der Waals surface area contributed by atoms with Crippen molar-refractivity contribution in [2.45, 2.75) is 13.0 Å². The van der Waals surface area contributed by atoms with Crippen LogP contribution in [0.2, 0.25) is 0 Å². The number of rotatable bonds is 3. The van der Waals surface area contributed by atoms with E-state index in [1.165, 1.54) is 12.1 Å². The van der Waals surface area contributed by atoms with Gasteiger partial charge in [-0.15, -0.1) is 0 Å². The van der Waals surface area contributed by atoms with Gasteiger partial charge in [0, 0.05) is 10.9 Å². The molecule has 1 amide bonds. The number of hydrogen-bond donors (Lipinski definition) is 2. The van der Waals surface area contributed by atoms with Crippen LogP contribution in [0.3, 0.4) is 0 Å². The second-order valence-electron chi connectivity index (χ2n) is 4.24. The highest BCUT2D eigenvalue weighted by Crippen LogP contribution is 2.21. The minimum Gasteiger partial charge on any atom is -0.392 e. The fourth-order valence-electron chi connectivity index (χ4n) is 1.81. The van der Waals surface area contributed by atoms with E-state index in [4.69, 9.17) is 18.0 Å². The molecule has 0 heterocycles. The molecule has 98 valence electrons. The highest BCUT2D eigenvalue weighted by Gasteiger charge is 2.15. The predicted molar refractivity (Wildman–Crippen MR) is 77.6 cm³/mol. The average Bonchev–Trinajstić information content (AvgIpc) is 2.39. The van der Waals surface area contributed by atoms with E-state index in [-0.39, 0.29) is 16.7 Å². The Hall–Kier alpha value is -2.01. The number of carbonyl (C=O) groups is 1. The molecule has 0 aliphatic carbocycles. The monoisotopic (exact) mass is 276 g/mol. The summed E-state index contributed by atoms with van der Waals surface area (Å²) in [4.78, 5) is 12.3. The van der Waals surface area contributed by atoms with Crippen molar-refractivity contribution in [2.24, 2.45) is 5.73 Å². The SMILES string of the molecule is CC(NC(=O)c1ccc(F)c2ccccc12)C(N)=S. The third-order valence-corrected chi connectivity index (χ3v) is 3.24. The Kier molecular flexibility index (Phi) is 3.76. The van der Waals surface area contributed by atoms with Crippen LogP contribution in [0.25, 0.3) is 10.8 Å². The first kappa shape index (κ1) is 13.4. The van der Waals surface area contributed by atoms with Crippen molar-refractivity contribution in [1.82, 2.24) is 5.32 Å². The fraction of sp³-hybridized carbons (Fsp3) is 0.143. The molecular weight excluding hydrogens is 263 g/mol. The average molecular weight is 276 g/mol. The van der Waals surface area contributed by atoms with Crippen LogP contribution in [0.4, 0.5) is 4.39 Å². The van der Waals surface area contributed by atoms with Crippen molar-refractivity contribution in [3.63, 3.8) is 0 Å². The molecule has 2 aromatic rings. The summed E-state index contributed by atoms with van der Waals surface area (Å²) >= 11 is 4.81. The van der Waals surface area contributed by atoms with Crippen molar-refractivity contribution in [1.29, 1.82) is 0 Å². The van der Waals surface area contributed by atoms with Gasteiger partial charge in [0.2, 0.25) is 0 Å². The number of hydrogen-bond acceptors (Lipinski definition) is 2. The molecule has 0 fully saturated rings. The van der Waals surface area contributed by atoms with Gasteiger partial charge in [0.05, 0.1) is 11.0 Å². The zero-order valence-electron chi connectivity index (χ0n) is 10.3. The summed E-state index contributed by atoms with van der Waals surface area (Å²) in [5.74, 6) is -0.675. The summed E-state index contributed by atoms with van der Waals surface area (Å²) in [7, 11) is 0. The van der Waals surface area contributed by atoms with Gasteiger partial charge in [-0.1, -0.05) is 36.5 Å². The van der Waals surface area contributed by atoms with Gasteiger partial charge in [-0.3, -0.25) is 4.79 Å². The fourth-order valence-corrected chi connectivity index (χ4v) is 1.86. The standard InChI is InChI=1S/C14H13FN2OS/c1-8(13(16)19)17-14(18)11-6-7-12(15)10-5-3-2-4-9(10)11/h2-8H,1H3,(H2,16,19)(H,17,18). The second kappa shape index (κ2) is 5.32. The number of fused-ring (bicyclic) bond motifs is 1. The molecule has 19 heavy (non-hydrogen) atoms. The van der Waals surface area contributed by atoms with Gasteiger partial charge in [-0.25, -0.2) is 4.39 Å². The number of amides is 1. The molecule has 0 radical (unpaired) electrons. The zero-order chi connectivity index (χ0) is 14.0. The lowest BCUT2D eigenvalue weighted by Crippen LogP contribution is -2.41. The zero-order valence-corrected chi connectivity index (χ0v) is 11.1. The van der Waals surface area contributed by atoms with Crippen LogP contribution in [0.5, 0.6) is 0 Å². The van der Waals surface area contributed by atoms with Crippen LogP contribution in [-0.4, -0.2) is 16.9 Å². The number of carbonyl (C=O) groups excluding carboxylic acids is 1. The third-order valence-electron chi connectivity index (χ3n) is 2.89. The Morgan fingerprint density at radius 3 is 2.53 bits per heavy atom. The van der Waals surface area contributed by atoms with Crippen LogP contribution in [0.1, 0.15) is 17.3 Å². The van der Waals surface area contributed by atoms with Crippen molar-refractivity contribution in [3.05, 3.63) is 47.8 Å². The lowest BCUT2D eigenvalue weighted by Gasteiger charge is -2.13. The van der Waals surface area contributed by atoms with Gasteiger partial charge in [0.1, 0.15) is 5.82 Å². The Morgan fingerprint density at radius 2 is 1.89 bits per heavy atom. The van der Waals surface area contributed by atoms with E-state index in [9.17, 15) is 9.18 Å². The summed E-state index contributed by atoms with van der Waals surface area (Å²) in [6, 6.07) is 9.16. The van der Waals surface area contributed by atoms with E-state index in [1.807, 2.05) is 0 Å². The van der Waals surface area contributed by atoms with Gasteiger partial charge < -0.3 is 11.1 Å². The summed E-state index contributed by atoms with van der Waals surface area (Å²) in [6.07, 6.45) is 0. The minimum absolute atomic E-state index is 0.208. The lowest BCUT2D eigenvalue weighted by atomic mass is 10.0. The lowest BCUT2D eigenvalue weighted by molar-refractivity contribution is 0.0951. The topological polar surface area (TPSA) is 55.1 Å². The smallest absolute Gasteiger partial charge is 0.252 e. The Balaban J connectivity index is 2.43. The molecular formula is C14H13FN2OS. The summed E-state index contributed by atoms with van der Waals surface area (Å²) in [5.41, 5.74) is 5.86. The molecule has 3 nitrogen and oxygen atoms in total. The molecule has 0 aliphatic rings. The quantitative estimate of drug-likeness (QED) is 0.846. The van der Waals surface area contributed by atoms with Crippen molar-refractivity contribution in [2.75, 3.05) is 0 Å². The van der Waals surface area contributed by atoms with E-state index in [0.717, 1.165) is 0 Å². The first-order valence-electron chi connectivity index (χ1n) is 5.78.